The van der Waals surface area contributed by atoms with Gasteiger partial charge in [-0.25, -0.2) is 0 Å². The van der Waals surface area contributed by atoms with Crippen LogP contribution in [-0.4, -0.2) is 11.5 Å². The SMILES string of the molecule is N#CCCCOc1ccc(CN)cc1[N+](=O)[O-]. The van der Waals surface area contributed by atoms with Gasteiger partial charge in [-0.05, 0) is 18.1 Å². The van der Waals surface area contributed by atoms with Crippen LogP contribution >= 0.6 is 0 Å². The van der Waals surface area contributed by atoms with E-state index in [1.807, 2.05) is 6.07 Å². The molecule has 6 heteroatoms. The van der Waals surface area contributed by atoms with Crippen LogP contribution in [0.4, 0.5) is 5.69 Å². The average molecular weight is 235 g/mol. The fraction of sp³-hybridized carbons (Fsp3) is 0.364. The highest BCUT2D eigenvalue weighted by Crippen LogP contribution is 2.27. The van der Waals surface area contributed by atoms with Gasteiger partial charge in [0.05, 0.1) is 17.6 Å². The Kier molecular flexibility index (Phi) is 4.91. The number of nitriles is 1. The lowest BCUT2D eigenvalue weighted by atomic mass is 10.2. The first-order valence-electron chi connectivity index (χ1n) is 5.16. The maximum atomic E-state index is 10.8. The monoisotopic (exact) mass is 235 g/mol. The van der Waals surface area contributed by atoms with Crippen LogP contribution in [0, 0.1) is 21.4 Å². The predicted octanol–water partition coefficient (Wildman–Crippen LogP) is 1.74. The number of benzene rings is 1. The first kappa shape index (κ1) is 12.9. The van der Waals surface area contributed by atoms with Crippen molar-refractivity contribution in [2.75, 3.05) is 6.61 Å². The summed E-state index contributed by atoms with van der Waals surface area (Å²) in [6.45, 7) is 0.534. The molecule has 0 unspecified atom stereocenters. The van der Waals surface area contributed by atoms with Gasteiger partial charge in [0.1, 0.15) is 0 Å². The summed E-state index contributed by atoms with van der Waals surface area (Å²) >= 11 is 0. The smallest absolute Gasteiger partial charge is 0.311 e. The van der Waals surface area contributed by atoms with Gasteiger partial charge in [0.2, 0.25) is 0 Å². The van der Waals surface area contributed by atoms with E-state index >= 15 is 0 Å². The molecule has 0 bridgehead atoms. The second-order valence-corrected chi connectivity index (χ2v) is 3.37. The number of nitro benzene ring substituents is 1. The number of nitro groups is 1. The molecule has 17 heavy (non-hydrogen) atoms. The molecule has 0 aliphatic heterocycles. The lowest BCUT2D eigenvalue weighted by molar-refractivity contribution is -0.385. The summed E-state index contributed by atoms with van der Waals surface area (Å²) in [5, 5.41) is 19.2. The van der Waals surface area contributed by atoms with Crippen molar-refractivity contribution in [3.8, 4) is 11.8 Å². The van der Waals surface area contributed by atoms with E-state index in [0.29, 0.717) is 18.4 Å². The van der Waals surface area contributed by atoms with E-state index < -0.39 is 4.92 Å². The Balaban J connectivity index is 2.77. The molecule has 1 aromatic carbocycles. The van der Waals surface area contributed by atoms with Crippen LogP contribution < -0.4 is 10.5 Å². The number of unbranched alkanes of at least 4 members (excludes halogenated alkanes) is 1. The molecule has 0 saturated heterocycles. The van der Waals surface area contributed by atoms with Gasteiger partial charge in [0.25, 0.3) is 0 Å². The van der Waals surface area contributed by atoms with Gasteiger partial charge in [0, 0.05) is 19.0 Å². The second-order valence-electron chi connectivity index (χ2n) is 3.37. The van der Waals surface area contributed by atoms with E-state index in [9.17, 15) is 10.1 Å². The van der Waals surface area contributed by atoms with Crippen LogP contribution in [0.5, 0.6) is 5.75 Å². The van der Waals surface area contributed by atoms with Crippen molar-refractivity contribution in [2.45, 2.75) is 19.4 Å². The van der Waals surface area contributed by atoms with Crippen molar-refractivity contribution in [2.24, 2.45) is 5.73 Å². The van der Waals surface area contributed by atoms with E-state index in [1.54, 1.807) is 6.07 Å². The van der Waals surface area contributed by atoms with Crippen LogP contribution in [0.3, 0.4) is 0 Å². The summed E-state index contributed by atoms with van der Waals surface area (Å²) in [5.41, 5.74) is 6.00. The van der Waals surface area contributed by atoms with E-state index in [4.69, 9.17) is 15.7 Å². The number of ether oxygens (including phenoxy) is 1. The highest BCUT2D eigenvalue weighted by atomic mass is 16.6. The first-order chi connectivity index (χ1) is 8.19. The average Bonchev–Trinajstić information content (AvgIpc) is 2.34. The minimum Gasteiger partial charge on any atom is -0.487 e. The second kappa shape index (κ2) is 6.45. The molecular formula is C11H13N3O3. The molecule has 90 valence electrons. The van der Waals surface area contributed by atoms with Gasteiger partial charge >= 0.3 is 5.69 Å². The largest absolute Gasteiger partial charge is 0.487 e. The third-order valence-corrected chi connectivity index (χ3v) is 2.15. The molecule has 0 amide bonds. The number of nitrogens with zero attached hydrogens (tertiary/aromatic N) is 2. The number of rotatable bonds is 6. The summed E-state index contributed by atoms with van der Waals surface area (Å²) in [6, 6.07) is 6.60. The van der Waals surface area contributed by atoms with Crippen molar-refractivity contribution in [1.29, 1.82) is 5.26 Å². The fourth-order valence-electron chi connectivity index (χ4n) is 1.29. The molecule has 0 heterocycles. The van der Waals surface area contributed by atoms with Gasteiger partial charge < -0.3 is 10.5 Å². The minimum atomic E-state index is -0.501. The van der Waals surface area contributed by atoms with Crippen molar-refractivity contribution in [3.63, 3.8) is 0 Å². The van der Waals surface area contributed by atoms with Gasteiger partial charge in [-0.1, -0.05) is 6.07 Å². The van der Waals surface area contributed by atoms with Crippen LogP contribution in [0.15, 0.2) is 18.2 Å². The minimum absolute atomic E-state index is 0.0927. The standard InChI is InChI=1S/C11H13N3O3/c12-5-1-2-6-17-11-4-3-9(8-13)7-10(11)14(15)16/h3-4,7H,1-2,6,8,13H2. The molecule has 0 aliphatic rings. The molecule has 0 saturated carbocycles. The van der Waals surface area contributed by atoms with Crippen molar-refractivity contribution >= 4 is 5.69 Å². The highest BCUT2D eigenvalue weighted by molar-refractivity contribution is 5.48. The summed E-state index contributed by atoms with van der Waals surface area (Å²) in [4.78, 5) is 10.3. The third-order valence-electron chi connectivity index (χ3n) is 2.15. The topological polar surface area (TPSA) is 102 Å². The van der Waals surface area contributed by atoms with Crippen LogP contribution in [-0.2, 0) is 6.54 Å². The fourth-order valence-corrected chi connectivity index (χ4v) is 1.29. The summed E-state index contributed by atoms with van der Waals surface area (Å²) < 4.78 is 5.27. The summed E-state index contributed by atoms with van der Waals surface area (Å²) in [6.07, 6.45) is 0.918. The molecule has 0 aromatic heterocycles. The van der Waals surface area contributed by atoms with Crippen molar-refractivity contribution in [1.82, 2.24) is 0 Å². The third kappa shape index (κ3) is 3.74. The van der Waals surface area contributed by atoms with E-state index in [0.717, 1.165) is 0 Å². The molecule has 1 aromatic rings. The Hall–Kier alpha value is -2.13. The quantitative estimate of drug-likeness (QED) is 0.459. The zero-order valence-electron chi connectivity index (χ0n) is 9.26. The van der Waals surface area contributed by atoms with E-state index in [1.165, 1.54) is 12.1 Å². The molecule has 2 N–H and O–H groups in total. The Bertz CT molecular complexity index is 440. The lowest BCUT2D eigenvalue weighted by Gasteiger charge is -2.06. The molecule has 0 atom stereocenters. The molecular weight excluding hydrogens is 222 g/mol. The normalized spacial score (nSPS) is 9.65. The van der Waals surface area contributed by atoms with Crippen LogP contribution in [0.2, 0.25) is 0 Å². The lowest BCUT2D eigenvalue weighted by Crippen LogP contribution is -2.02. The van der Waals surface area contributed by atoms with E-state index in [2.05, 4.69) is 0 Å². The molecule has 0 radical (unpaired) electrons. The molecule has 0 spiro atoms. The molecule has 1 rings (SSSR count). The van der Waals surface area contributed by atoms with E-state index in [-0.39, 0.29) is 24.6 Å². The van der Waals surface area contributed by atoms with Gasteiger partial charge in [0.15, 0.2) is 5.75 Å². The van der Waals surface area contributed by atoms with Crippen molar-refractivity contribution < 1.29 is 9.66 Å². The van der Waals surface area contributed by atoms with Gasteiger partial charge in [-0.15, -0.1) is 0 Å². The van der Waals surface area contributed by atoms with Crippen LogP contribution in [0.1, 0.15) is 18.4 Å². The maximum absolute atomic E-state index is 10.8. The Morgan fingerprint density at radius 2 is 2.29 bits per heavy atom. The first-order valence-corrected chi connectivity index (χ1v) is 5.16. The summed E-state index contributed by atoms with van der Waals surface area (Å²) in [7, 11) is 0. The van der Waals surface area contributed by atoms with Gasteiger partial charge in [-0.2, -0.15) is 5.26 Å². The molecule has 6 nitrogen and oxygen atoms in total. The summed E-state index contributed by atoms with van der Waals surface area (Å²) in [5.74, 6) is 0.213. The molecule has 0 aliphatic carbocycles. The van der Waals surface area contributed by atoms with Crippen LogP contribution in [0.25, 0.3) is 0 Å². The maximum Gasteiger partial charge on any atom is 0.311 e. The number of hydrogen-bond donors (Lipinski definition) is 1. The zero-order chi connectivity index (χ0) is 12.7. The van der Waals surface area contributed by atoms with Crippen molar-refractivity contribution in [3.05, 3.63) is 33.9 Å². The number of nitrogens with two attached hydrogens (primary N) is 1. The number of hydrogen-bond acceptors (Lipinski definition) is 5. The zero-order valence-corrected chi connectivity index (χ0v) is 9.26. The predicted molar refractivity (Wildman–Crippen MR) is 61.3 cm³/mol. The highest BCUT2D eigenvalue weighted by Gasteiger charge is 2.15. The Morgan fingerprint density at radius 1 is 1.53 bits per heavy atom. The Labute approximate surface area is 98.8 Å². The molecule has 0 fully saturated rings. The Morgan fingerprint density at radius 3 is 2.88 bits per heavy atom. The van der Waals surface area contributed by atoms with Gasteiger partial charge in [-0.3, -0.25) is 10.1 Å².